The van der Waals surface area contributed by atoms with Gasteiger partial charge in [0.15, 0.2) is 0 Å². The average molecular weight is 410 g/mol. The minimum Gasteiger partial charge on any atom is -0.379 e. The van der Waals surface area contributed by atoms with Crippen LogP contribution in [-0.4, -0.2) is 68.8 Å². The Bertz CT molecular complexity index is 780. The van der Waals surface area contributed by atoms with E-state index in [0.29, 0.717) is 39.4 Å². The van der Waals surface area contributed by atoms with Gasteiger partial charge in [-0.3, -0.25) is 9.59 Å². The maximum absolute atomic E-state index is 12.6. The SMILES string of the molecule is O=C(NCc1ccc(S(=O)(=O)N2CCOCC2)cc1)C(=O)N1CCCCCC1. The lowest BCUT2D eigenvalue weighted by atomic mass is 10.2. The summed E-state index contributed by atoms with van der Waals surface area (Å²) >= 11 is 0. The fraction of sp³-hybridized carbons (Fsp3) is 0.579. The van der Waals surface area contributed by atoms with Crippen LogP contribution < -0.4 is 5.32 Å². The fourth-order valence-electron chi connectivity index (χ4n) is 3.39. The molecule has 0 saturated carbocycles. The van der Waals surface area contributed by atoms with Crippen molar-refractivity contribution in [3.63, 3.8) is 0 Å². The van der Waals surface area contributed by atoms with Crippen LogP contribution in [-0.2, 0) is 30.9 Å². The molecule has 9 heteroatoms. The van der Waals surface area contributed by atoms with E-state index in [2.05, 4.69) is 5.32 Å². The first-order chi connectivity index (χ1) is 13.5. The molecule has 1 aromatic carbocycles. The molecule has 0 unspecified atom stereocenters. The average Bonchev–Trinajstić information content (AvgIpc) is 3.02. The predicted octanol–water partition coefficient (Wildman–Crippen LogP) is 0.726. The molecular formula is C19H27N3O5S. The van der Waals surface area contributed by atoms with Gasteiger partial charge in [0.1, 0.15) is 0 Å². The molecule has 2 amide bonds. The lowest BCUT2D eigenvalue weighted by Crippen LogP contribution is -2.43. The van der Waals surface area contributed by atoms with Gasteiger partial charge in [0.25, 0.3) is 0 Å². The quantitative estimate of drug-likeness (QED) is 0.740. The monoisotopic (exact) mass is 409 g/mol. The number of benzene rings is 1. The summed E-state index contributed by atoms with van der Waals surface area (Å²) in [6.45, 7) is 2.91. The number of ether oxygens (including phenoxy) is 1. The highest BCUT2D eigenvalue weighted by Gasteiger charge is 2.26. The number of carbonyl (C=O) groups excluding carboxylic acids is 2. The van der Waals surface area contributed by atoms with Crippen molar-refractivity contribution in [2.75, 3.05) is 39.4 Å². The molecule has 28 heavy (non-hydrogen) atoms. The second-order valence-electron chi connectivity index (χ2n) is 7.05. The highest BCUT2D eigenvalue weighted by atomic mass is 32.2. The van der Waals surface area contributed by atoms with Crippen molar-refractivity contribution in [2.45, 2.75) is 37.1 Å². The van der Waals surface area contributed by atoms with Crippen LogP contribution in [0.5, 0.6) is 0 Å². The molecule has 1 N–H and O–H groups in total. The number of hydrogen-bond donors (Lipinski definition) is 1. The van der Waals surface area contributed by atoms with Gasteiger partial charge in [0, 0.05) is 32.7 Å². The Hall–Kier alpha value is -1.97. The fourth-order valence-corrected chi connectivity index (χ4v) is 4.80. The first kappa shape index (κ1) is 20.8. The molecule has 2 aliphatic rings. The summed E-state index contributed by atoms with van der Waals surface area (Å²) < 4.78 is 31.8. The number of nitrogens with one attached hydrogen (secondary N) is 1. The van der Waals surface area contributed by atoms with Crippen molar-refractivity contribution in [2.24, 2.45) is 0 Å². The Labute approximate surface area is 165 Å². The van der Waals surface area contributed by atoms with Crippen molar-refractivity contribution in [1.29, 1.82) is 0 Å². The van der Waals surface area contributed by atoms with Crippen LogP contribution in [0.3, 0.4) is 0 Å². The Morgan fingerprint density at radius 2 is 1.54 bits per heavy atom. The van der Waals surface area contributed by atoms with Crippen LogP contribution >= 0.6 is 0 Å². The highest BCUT2D eigenvalue weighted by molar-refractivity contribution is 7.89. The molecule has 2 aliphatic heterocycles. The number of likely N-dealkylation sites (tertiary alicyclic amines) is 1. The van der Waals surface area contributed by atoms with Gasteiger partial charge < -0.3 is 15.0 Å². The van der Waals surface area contributed by atoms with Crippen molar-refractivity contribution >= 4 is 21.8 Å². The summed E-state index contributed by atoms with van der Waals surface area (Å²) in [7, 11) is -3.54. The van der Waals surface area contributed by atoms with Crippen LogP contribution in [0.25, 0.3) is 0 Å². The van der Waals surface area contributed by atoms with Crippen molar-refractivity contribution in [3.8, 4) is 0 Å². The van der Waals surface area contributed by atoms with Gasteiger partial charge in [-0.15, -0.1) is 0 Å². The molecular weight excluding hydrogens is 382 g/mol. The third-order valence-electron chi connectivity index (χ3n) is 5.07. The van der Waals surface area contributed by atoms with Crippen LogP contribution in [0, 0.1) is 0 Å². The minimum atomic E-state index is -3.54. The normalized spacial score (nSPS) is 19.1. The molecule has 8 nitrogen and oxygen atoms in total. The standard InChI is InChI=1S/C19H27N3O5S/c23-18(19(24)21-9-3-1-2-4-10-21)20-15-16-5-7-17(8-6-16)28(25,26)22-11-13-27-14-12-22/h5-8H,1-4,9-15H2,(H,20,23). The molecule has 1 aromatic rings. The number of rotatable bonds is 4. The number of nitrogens with zero attached hydrogens (tertiary/aromatic N) is 2. The summed E-state index contributed by atoms with van der Waals surface area (Å²) in [5.74, 6) is -1.11. The van der Waals surface area contributed by atoms with Gasteiger partial charge in [-0.05, 0) is 30.5 Å². The van der Waals surface area contributed by atoms with Gasteiger partial charge in [0.2, 0.25) is 10.0 Å². The van der Waals surface area contributed by atoms with E-state index in [1.807, 2.05) is 0 Å². The third kappa shape index (κ3) is 5.09. The molecule has 154 valence electrons. The molecule has 0 aromatic heterocycles. The van der Waals surface area contributed by atoms with E-state index in [9.17, 15) is 18.0 Å². The third-order valence-corrected chi connectivity index (χ3v) is 6.98. The highest BCUT2D eigenvalue weighted by Crippen LogP contribution is 2.17. The summed E-state index contributed by atoms with van der Waals surface area (Å²) in [6, 6.07) is 6.37. The molecule has 0 aliphatic carbocycles. The first-order valence-electron chi connectivity index (χ1n) is 9.72. The summed E-state index contributed by atoms with van der Waals surface area (Å²) in [5, 5.41) is 2.63. The second-order valence-corrected chi connectivity index (χ2v) is 8.99. The van der Waals surface area contributed by atoms with E-state index in [-0.39, 0.29) is 11.4 Å². The lowest BCUT2D eigenvalue weighted by molar-refractivity contribution is -0.145. The molecule has 0 atom stereocenters. The number of sulfonamides is 1. The zero-order valence-electron chi connectivity index (χ0n) is 15.9. The number of amides is 2. The van der Waals surface area contributed by atoms with Crippen LogP contribution in [0.2, 0.25) is 0 Å². The maximum atomic E-state index is 12.6. The van der Waals surface area contributed by atoms with Crippen molar-refractivity contribution in [1.82, 2.24) is 14.5 Å². The van der Waals surface area contributed by atoms with Crippen molar-refractivity contribution < 1.29 is 22.7 Å². The summed E-state index contributed by atoms with van der Waals surface area (Å²) in [5.41, 5.74) is 0.734. The smallest absolute Gasteiger partial charge is 0.311 e. The first-order valence-corrected chi connectivity index (χ1v) is 11.2. The van der Waals surface area contributed by atoms with E-state index < -0.39 is 21.8 Å². The van der Waals surface area contributed by atoms with Gasteiger partial charge in [-0.25, -0.2) is 8.42 Å². The van der Waals surface area contributed by atoms with Crippen LogP contribution in [0.4, 0.5) is 0 Å². The number of hydrogen-bond acceptors (Lipinski definition) is 5. The topological polar surface area (TPSA) is 96.0 Å². The molecule has 0 radical (unpaired) electrons. The molecule has 0 spiro atoms. The summed E-state index contributed by atoms with van der Waals surface area (Å²) in [4.78, 5) is 26.2. The Balaban J connectivity index is 1.55. The van der Waals surface area contributed by atoms with Gasteiger partial charge >= 0.3 is 11.8 Å². The number of carbonyl (C=O) groups is 2. The number of morpholine rings is 1. The maximum Gasteiger partial charge on any atom is 0.311 e. The summed E-state index contributed by atoms with van der Waals surface area (Å²) in [6.07, 6.45) is 4.03. The lowest BCUT2D eigenvalue weighted by Gasteiger charge is -2.26. The van der Waals surface area contributed by atoms with E-state index in [4.69, 9.17) is 4.74 Å². The van der Waals surface area contributed by atoms with Gasteiger partial charge in [0.05, 0.1) is 18.1 Å². The minimum absolute atomic E-state index is 0.177. The van der Waals surface area contributed by atoms with E-state index >= 15 is 0 Å². The van der Waals surface area contributed by atoms with Gasteiger partial charge in [-0.2, -0.15) is 4.31 Å². The van der Waals surface area contributed by atoms with Crippen LogP contribution in [0.1, 0.15) is 31.2 Å². The van der Waals surface area contributed by atoms with E-state index in [0.717, 1.165) is 31.2 Å². The Morgan fingerprint density at radius 3 is 2.14 bits per heavy atom. The molecule has 0 bridgehead atoms. The molecule has 2 heterocycles. The Morgan fingerprint density at radius 1 is 0.929 bits per heavy atom. The largest absolute Gasteiger partial charge is 0.379 e. The van der Waals surface area contributed by atoms with E-state index in [1.54, 1.807) is 17.0 Å². The zero-order valence-corrected chi connectivity index (χ0v) is 16.7. The molecule has 2 fully saturated rings. The Kier molecular flexibility index (Phi) is 7.03. The van der Waals surface area contributed by atoms with Gasteiger partial charge in [-0.1, -0.05) is 25.0 Å². The van der Waals surface area contributed by atoms with Crippen molar-refractivity contribution in [3.05, 3.63) is 29.8 Å². The predicted molar refractivity (Wildman–Crippen MR) is 103 cm³/mol. The molecule has 2 saturated heterocycles. The van der Waals surface area contributed by atoms with Crippen LogP contribution in [0.15, 0.2) is 29.2 Å². The second kappa shape index (κ2) is 9.49. The van der Waals surface area contributed by atoms with E-state index in [1.165, 1.54) is 16.4 Å². The zero-order chi connectivity index (χ0) is 20.0. The molecule has 3 rings (SSSR count).